The van der Waals surface area contributed by atoms with Gasteiger partial charge in [0.2, 0.25) is 11.8 Å². The third kappa shape index (κ3) is 4.99. The summed E-state index contributed by atoms with van der Waals surface area (Å²) in [7, 11) is 0. The lowest BCUT2D eigenvalue weighted by atomic mass is 10.1. The minimum atomic E-state index is -7.90. The fourth-order valence-corrected chi connectivity index (χ4v) is 1.44. The summed E-state index contributed by atoms with van der Waals surface area (Å²) in [6.07, 6.45) is -37.8. The van der Waals surface area contributed by atoms with Crippen molar-refractivity contribution in [1.29, 1.82) is 0 Å². The van der Waals surface area contributed by atoms with Crippen molar-refractivity contribution in [3.05, 3.63) is 11.8 Å². The van der Waals surface area contributed by atoms with E-state index in [9.17, 15) is 79.0 Å². The highest BCUT2D eigenvalue weighted by Crippen LogP contribution is 2.54. The molecule has 0 amide bonds. The van der Waals surface area contributed by atoms with Crippen LogP contribution in [0, 0.1) is 0 Å². The van der Waals surface area contributed by atoms with Crippen LogP contribution in [-0.2, 0) is 0 Å². The van der Waals surface area contributed by atoms with Crippen LogP contribution in [-0.4, -0.2) is 47.0 Å². The molecule has 168 valence electrons. The highest BCUT2D eigenvalue weighted by Gasteiger charge is 2.78. The first-order valence-corrected chi connectivity index (χ1v) is 5.49. The van der Waals surface area contributed by atoms with E-state index in [2.05, 4.69) is 0 Å². The van der Waals surface area contributed by atoms with Gasteiger partial charge >= 0.3 is 37.2 Å². The lowest BCUT2D eigenvalue weighted by molar-refractivity contribution is -0.450. The van der Waals surface area contributed by atoms with Gasteiger partial charge in [-0.3, -0.25) is 0 Å². The Kier molecular flexibility index (Phi) is 6.50. The van der Waals surface area contributed by atoms with E-state index >= 15 is 0 Å². The fraction of sp³-hybridized carbons (Fsp3) is 0.750. The normalized spacial score (nSPS) is 18.1. The molecule has 0 bridgehead atoms. The summed E-state index contributed by atoms with van der Waals surface area (Å²) in [6.45, 7) is 0. The van der Waals surface area contributed by atoms with Crippen LogP contribution in [0.2, 0.25) is 0 Å². The molecule has 0 aliphatic carbocycles. The molecule has 0 spiro atoms. The first kappa shape index (κ1) is 26.2. The van der Waals surface area contributed by atoms with Gasteiger partial charge in [-0.25, -0.2) is 8.78 Å². The van der Waals surface area contributed by atoms with Crippen LogP contribution < -0.4 is 0 Å². The van der Waals surface area contributed by atoms with Crippen molar-refractivity contribution in [2.45, 2.75) is 37.2 Å². The maximum Gasteiger partial charge on any atom is 0.493 e. The van der Waals surface area contributed by atoms with Gasteiger partial charge in [-0.2, -0.15) is 48.8 Å². The van der Waals surface area contributed by atoms with Crippen molar-refractivity contribution in [1.82, 2.24) is 9.80 Å². The summed E-state index contributed by atoms with van der Waals surface area (Å²) < 4.78 is 223. The van der Waals surface area contributed by atoms with Gasteiger partial charge in [0.05, 0.1) is 0 Å². The molecule has 1 atom stereocenters. The van der Waals surface area contributed by atoms with Crippen molar-refractivity contribution in [2.75, 3.05) is 0 Å². The Morgan fingerprint density at radius 2 is 0.750 bits per heavy atom. The van der Waals surface area contributed by atoms with Crippen LogP contribution in [0.15, 0.2) is 11.8 Å². The Balaban J connectivity index is 7.19. The summed E-state index contributed by atoms with van der Waals surface area (Å²) in [6, 6.07) is 0. The maximum atomic E-state index is 13.7. The molecule has 0 saturated carbocycles. The predicted molar refractivity (Wildman–Crippen MR) is 47.0 cm³/mol. The van der Waals surface area contributed by atoms with Crippen LogP contribution in [0.1, 0.15) is 0 Å². The second-order valence-electron chi connectivity index (χ2n) is 4.27. The molecule has 20 heteroatoms. The SMILES string of the molecule is F/C(=C(/F)C(F)(N(C(F)(F)F)C(F)(F)F)C(F)(F)F)N(C(F)(F)F)C(F)(F)F. The molecule has 0 aliphatic rings. The van der Waals surface area contributed by atoms with Crippen LogP contribution in [0.3, 0.4) is 0 Å². The van der Waals surface area contributed by atoms with E-state index < -0.39 is 58.7 Å². The number of halogens is 18. The molecule has 2 nitrogen and oxygen atoms in total. The lowest BCUT2D eigenvalue weighted by Gasteiger charge is -2.39. The Bertz CT molecular complexity index is 557. The molecule has 0 aromatic rings. The molecule has 0 N–H and O–H groups in total. The van der Waals surface area contributed by atoms with Crippen LogP contribution in [0.5, 0.6) is 0 Å². The smallest absolute Gasteiger partial charge is 0.207 e. The monoisotopic (exact) mass is 466 g/mol. The zero-order valence-electron chi connectivity index (χ0n) is 11.7. The average Bonchev–Trinajstić information content (AvgIpc) is 2.28. The van der Waals surface area contributed by atoms with Crippen molar-refractivity contribution in [2.24, 2.45) is 0 Å². The molecule has 0 rings (SSSR count). The second kappa shape index (κ2) is 6.94. The summed E-state index contributed by atoms with van der Waals surface area (Å²) in [5.41, 5.74) is 0. The number of nitrogens with zero attached hydrogens (tertiary/aromatic N) is 2. The zero-order chi connectivity index (χ0) is 23.3. The standard InChI is InChI=1S/C8F18N2/c9-1(2(10)27(5(15,16)17)6(18,19)20)3(11,4(12,13)14)28(7(21,22)23)8(24,25)26/b2-1-. The second-order valence-corrected chi connectivity index (χ2v) is 4.27. The quantitative estimate of drug-likeness (QED) is 0.372. The number of hydrogen-bond donors (Lipinski definition) is 0. The molecule has 0 aliphatic heterocycles. The minimum Gasteiger partial charge on any atom is -0.207 e. The average molecular weight is 466 g/mol. The van der Waals surface area contributed by atoms with Crippen LogP contribution in [0.4, 0.5) is 79.0 Å². The lowest BCUT2D eigenvalue weighted by Crippen LogP contribution is -2.66. The first-order valence-electron chi connectivity index (χ1n) is 5.49. The summed E-state index contributed by atoms with van der Waals surface area (Å²) in [4.78, 5) is -8.30. The van der Waals surface area contributed by atoms with E-state index in [1.54, 1.807) is 0 Å². The Hall–Kier alpha value is -1.76. The van der Waals surface area contributed by atoms with E-state index in [0.717, 1.165) is 0 Å². The largest absolute Gasteiger partial charge is 0.493 e. The van der Waals surface area contributed by atoms with Crippen LogP contribution in [0.25, 0.3) is 0 Å². The van der Waals surface area contributed by atoms with Gasteiger partial charge in [0.25, 0.3) is 0 Å². The highest BCUT2D eigenvalue weighted by molar-refractivity contribution is 5.18. The van der Waals surface area contributed by atoms with Crippen molar-refractivity contribution < 1.29 is 79.0 Å². The van der Waals surface area contributed by atoms with E-state index in [0.29, 0.717) is 0 Å². The summed E-state index contributed by atoms with van der Waals surface area (Å²) >= 11 is 0. The molecular formula is C8F18N2. The third-order valence-corrected chi connectivity index (χ3v) is 2.37. The summed E-state index contributed by atoms with van der Waals surface area (Å²) in [5, 5.41) is 0. The Morgan fingerprint density at radius 1 is 0.464 bits per heavy atom. The highest BCUT2D eigenvalue weighted by atomic mass is 19.4. The van der Waals surface area contributed by atoms with E-state index in [1.807, 2.05) is 0 Å². The molecular weight excluding hydrogens is 466 g/mol. The van der Waals surface area contributed by atoms with E-state index in [1.165, 1.54) is 0 Å². The van der Waals surface area contributed by atoms with Gasteiger partial charge in [-0.05, 0) is 0 Å². The molecule has 0 saturated heterocycles. The topological polar surface area (TPSA) is 6.48 Å². The number of rotatable bonds is 3. The van der Waals surface area contributed by atoms with Gasteiger partial charge < -0.3 is 0 Å². The van der Waals surface area contributed by atoms with Gasteiger partial charge in [0, 0.05) is 0 Å². The van der Waals surface area contributed by atoms with Gasteiger partial charge in [0.15, 0.2) is 0 Å². The van der Waals surface area contributed by atoms with E-state index in [4.69, 9.17) is 0 Å². The molecule has 0 aromatic heterocycles. The van der Waals surface area contributed by atoms with E-state index in [-0.39, 0.29) is 0 Å². The van der Waals surface area contributed by atoms with Gasteiger partial charge in [0.1, 0.15) is 0 Å². The Morgan fingerprint density at radius 3 is 0.929 bits per heavy atom. The zero-order valence-corrected chi connectivity index (χ0v) is 11.7. The molecule has 1 unspecified atom stereocenters. The fourth-order valence-electron chi connectivity index (χ4n) is 1.44. The number of hydrogen-bond acceptors (Lipinski definition) is 2. The van der Waals surface area contributed by atoms with Crippen molar-refractivity contribution in [3.8, 4) is 0 Å². The maximum absolute atomic E-state index is 13.7. The molecule has 0 radical (unpaired) electrons. The Labute approximate surface area is 139 Å². The minimum absolute atomic E-state index is 3.90. The van der Waals surface area contributed by atoms with Crippen molar-refractivity contribution in [3.63, 3.8) is 0 Å². The molecule has 0 fully saturated rings. The third-order valence-electron chi connectivity index (χ3n) is 2.37. The van der Waals surface area contributed by atoms with Crippen LogP contribution >= 0.6 is 0 Å². The molecule has 28 heavy (non-hydrogen) atoms. The van der Waals surface area contributed by atoms with Crippen molar-refractivity contribution >= 4 is 0 Å². The first-order chi connectivity index (χ1) is 11.8. The van der Waals surface area contributed by atoms with Gasteiger partial charge in [-0.1, -0.05) is 4.90 Å². The van der Waals surface area contributed by atoms with Gasteiger partial charge in [-0.15, -0.1) is 26.3 Å². The summed E-state index contributed by atoms with van der Waals surface area (Å²) in [5.74, 6) is -18.4. The molecule has 0 aromatic carbocycles. The molecule has 0 heterocycles. The number of alkyl halides is 16. The predicted octanol–water partition coefficient (Wildman–Crippen LogP) is 6.01.